The Morgan fingerprint density at radius 1 is 1.20 bits per heavy atom. The van der Waals surface area contributed by atoms with E-state index in [0.717, 1.165) is 11.8 Å². The van der Waals surface area contributed by atoms with Crippen molar-refractivity contribution in [2.75, 3.05) is 16.3 Å². The minimum atomic E-state index is -3.30. The molecule has 2 aromatic rings. The van der Waals surface area contributed by atoms with Crippen LogP contribution in [-0.2, 0) is 16.6 Å². The fourth-order valence-electron chi connectivity index (χ4n) is 1.64. The highest BCUT2D eigenvalue weighted by molar-refractivity contribution is 7.92. The van der Waals surface area contributed by atoms with E-state index >= 15 is 0 Å². The zero-order valence-electron chi connectivity index (χ0n) is 10.8. The Morgan fingerprint density at radius 2 is 1.90 bits per heavy atom. The predicted octanol–water partition coefficient (Wildman–Crippen LogP) is 2.72. The van der Waals surface area contributed by atoms with Crippen molar-refractivity contribution in [3.05, 3.63) is 53.3 Å². The van der Waals surface area contributed by atoms with Gasteiger partial charge in [0.25, 0.3) is 0 Å². The molecule has 2 rings (SSSR count). The fraction of sp³-hybridized carbons (Fsp3) is 0.154. The lowest BCUT2D eigenvalue weighted by Gasteiger charge is -2.11. The molecule has 0 amide bonds. The van der Waals surface area contributed by atoms with Crippen LogP contribution in [0.15, 0.2) is 42.7 Å². The van der Waals surface area contributed by atoms with E-state index in [-0.39, 0.29) is 0 Å². The summed E-state index contributed by atoms with van der Waals surface area (Å²) in [5.41, 5.74) is 2.18. The molecule has 7 heteroatoms. The van der Waals surface area contributed by atoms with Gasteiger partial charge in [0.2, 0.25) is 10.0 Å². The molecule has 0 spiro atoms. The highest BCUT2D eigenvalue weighted by atomic mass is 35.5. The normalized spacial score (nSPS) is 11.1. The minimum absolute atomic E-state index is 0.467. The lowest BCUT2D eigenvalue weighted by Crippen LogP contribution is -2.10. The van der Waals surface area contributed by atoms with Gasteiger partial charge in [-0.1, -0.05) is 11.6 Å². The number of aromatic nitrogens is 1. The molecule has 0 radical (unpaired) electrons. The van der Waals surface area contributed by atoms with Gasteiger partial charge in [-0.3, -0.25) is 9.71 Å². The minimum Gasteiger partial charge on any atom is -0.380 e. The summed E-state index contributed by atoms with van der Waals surface area (Å²) in [6.07, 6.45) is 4.52. The molecule has 0 unspecified atom stereocenters. The van der Waals surface area contributed by atoms with Gasteiger partial charge in [0.15, 0.2) is 0 Å². The molecular formula is C13H14ClN3O2S. The summed E-state index contributed by atoms with van der Waals surface area (Å²) < 4.78 is 24.8. The predicted molar refractivity (Wildman–Crippen MR) is 81.5 cm³/mol. The zero-order valence-corrected chi connectivity index (χ0v) is 12.4. The number of rotatable bonds is 5. The Labute approximate surface area is 123 Å². The molecule has 0 aliphatic heterocycles. The molecule has 0 saturated heterocycles. The third kappa shape index (κ3) is 4.40. The molecule has 0 aliphatic carbocycles. The first kappa shape index (κ1) is 14.6. The molecule has 0 saturated carbocycles. The van der Waals surface area contributed by atoms with Crippen molar-refractivity contribution >= 4 is 33.0 Å². The van der Waals surface area contributed by atoms with E-state index in [1.54, 1.807) is 30.6 Å². The van der Waals surface area contributed by atoms with Crippen LogP contribution in [0.4, 0.5) is 11.4 Å². The van der Waals surface area contributed by atoms with Crippen LogP contribution < -0.4 is 10.0 Å². The van der Waals surface area contributed by atoms with Gasteiger partial charge in [0, 0.05) is 18.9 Å². The molecule has 0 atom stereocenters. The maximum absolute atomic E-state index is 11.2. The van der Waals surface area contributed by atoms with Crippen molar-refractivity contribution in [2.45, 2.75) is 6.54 Å². The molecule has 2 N–H and O–H groups in total. The van der Waals surface area contributed by atoms with Crippen molar-refractivity contribution in [3.63, 3.8) is 0 Å². The highest BCUT2D eigenvalue weighted by Crippen LogP contribution is 2.26. The van der Waals surface area contributed by atoms with E-state index < -0.39 is 10.0 Å². The molecule has 1 aromatic heterocycles. The molecule has 0 fully saturated rings. The Kier molecular flexibility index (Phi) is 4.46. The Hall–Kier alpha value is -1.79. The van der Waals surface area contributed by atoms with Crippen LogP contribution >= 0.6 is 11.6 Å². The average Bonchev–Trinajstić information content (AvgIpc) is 2.39. The van der Waals surface area contributed by atoms with Crippen molar-refractivity contribution in [2.24, 2.45) is 0 Å². The van der Waals surface area contributed by atoms with Crippen LogP contribution in [0.5, 0.6) is 0 Å². The van der Waals surface area contributed by atoms with E-state index in [0.29, 0.717) is 22.9 Å². The molecular weight excluding hydrogens is 298 g/mol. The van der Waals surface area contributed by atoms with Gasteiger partial charge in [-0.2, -0.15) is 0 Å². The number of pyridine rings is 1. The summed E-state index contributed by atoms with van der Waals surface area (Å²) in [4.78, 5) is 3.94. The maximum atomic E-state index is 11.2. The summed E-state index contributed by atoms with van der Waals surface area (Å²) >= 11 is 6.08. The van der Waals surface area contributed by atoms with Crippen molar-refractivity contribution in [3.8, 4) is 0 Å². The van der Waals surface area contributed by atoms with Crippen LogP contribution in [0.2, 0.25) is 5.02 Å². The first-order chi connectivity index (χ1) is 9.44. The summed E-state index contributed by atoms with van der Waals surface area (Å²) in [5.74, 6) is 0. The van der Waals surface area contributed by atoms with E-state index in [1.165, 1.54) is 0 Å². The van der Waals surface area contributed by atoms with Gasteiger partial charge >= 0.3 is 0 Å². The van der Waals surface area contributed by atoms with Gasteiger partial charge in [-0.05, 0) is 35.9 Å². The monoisotopic (exact) mass is 311 g/mol. The smallest absolute Gasteiger partial charge is 0.229 e. The third-order valence-corrected chi connectivity index (χ3v) is 3.44. The second-order valence-corrected chi connectivity index (χ2v) is 6.43. The summed E-state index contributed by atoms with van der Waals surface area (Å²) in [6, 6.07) is 8.69. The van der Waals surface area contributed by atoms with Crippen LogP contribution in [0, 0.1) is 0 Å². The lowest BCUT2D eigenvalue weighted by atomic mass is 10.2. The summed E-state index contributed by atoms with van der Waals surface area (Å²) in [5, 5.41) is 3.69. The molecule has 106 valence electrons. The van der Waals surface area contributed by atoms with Gasteiger partial charge in [-0.15, -0.1) is 0 Å². The topological polar surface area (TPSA) is 71.1 Å². The second kappa shape index (κ2) is 6.11. The summed E-state index contributed by atoms with van der Waals surface area (Å²) in [6.45, 7) is 0.574. The molecule has 0 aliphatic rings. The maximum Gasteiger partial charge on any atom is 0.229 e. The Bertz CT molecular complexity index is 690. The van der Waals surface area contributed by atoms with Gasteiger partial charge in [0.05, 0.1) is 22.7 Å². The van der Waals surface area contributed by atoms with Crippen LogP contribution in [0.25, 0.3) is 0 Å². The van der Waals surface area contributed by atoms with E-state index in [2.05, 4.69) is 15.0 Å². The second-order valence-electron chi connectivity index (χ2n) is 4.28. The Balaban J connectivity index is 2.13. The number of anilines is 2. The number of benzene rings is 1. The van der Waals surface area contributed by atoms with Crippen LogP contribution in [0.1, 0.15) is 5.56 Å². The summed E-state index contributed by atoms with van der Waals surface area (Å²) in [7, 11) is -3.30. The van der Waals surface area contributed by atoms with Crippen molar-refractivity contribution < 1.29 is 8.42 Å². The van der Waals surface area contributed by atoms with E-state index in [1.807, 2.05) is 12.1 Å². The highest BCUT2D eigenvalue weighted by Gasteiger charge is 2.06. The number of nitrogens with zero attached hydrogens (tertiary/aromatic N) is 1. The molecule has 5 nitrogen and oxygen atoms in total. The standard InChI is InChI=1S/C13H14ClN3O2S/c1-20(18,19)17-11-2-3-12(14)13(8-11)16-9-10-4-6-15-7-5-10/h2-8,16-17H,9H2,1H3. The molecule has 20 heavy (non-hydrogen) atoms. The van der Waals surface area contributed by atoms with Crippen LogP contribution in [0.3, 0.4) is 0 Å². The van der Waals surface area contributed by atoms with Crippen molar-refractivity contribution in [1.29, 1.82) is 0 Å². The number of sulfonamides is 1. The lowest BCUT2D eigenvalue weighted by molar-refractivity contribution is 0.607. The number of hydrogen-bond acceptors (Lipinski definition) is 4. The largest absolute Gasteiger partial charge is 0.380 e. The van der Waals surface area contributed by atoms with Gasteiger partial charge in [0.1, 0.15) is 0 Å². The SMILES string of the molecule is CS(=O)(=O)Nc1ccc(Cl)c(NCc2ccncc2)c1. The van der Waals surface area contributed by atoms with E-state index in [9.17, 15) is 8.42 Å². The van der Waals surface area contributed by atoms with Crippen molar-refractivity contribution in [1.82, 2.24) is 4.98 Å². The number of nitrogens with one attached hydrogen (secondary N) is 2. The Morgan fingerprint density at radius 3 is 2.55 bits per heavy atom. The fourth-order valence-corrected chi connectivity index (χ4v) is 2.38. The van der Waals surface area contributed by atoms with Crippen LogP contribution in [-0.4, -0.2) is 19.7 Å². The number of halogens is 1. The molecule has 1 aromatic carbocycles. The quantitative estimate of drug-likeness (QED) is 0.890. The van der Waals surface area contributed by atoms with Gasteiger partial charge < -0.3 is 5.32 Å². The first-order valence-corrected chi connectivity index (χ1v) is 8.11. The third-order valence-electron chi connectivity index (χ3n) is 2.50. The molecule has 0 bridgehead atoms. The molecule has 1 heterocycles. The average molecular weight is 312 g/mol. The number of hydrogen-bond donors (Lipinski definition) is 2. The first-order valence-electron chi connectivity index (χ1n) is 5.84. The van der Waals surface area contributed by atoms with E-state index in [4.69, 9.17) is 11.6 Å². The van der Waals surface area contributed by atoms with Gasteiger partial charge in [-0.25, -0.2) is 8.42 Å². The zero-order chi connectivity index (χ0) is 14.6.